The fourth-order valence-corrected chi connectivity index (χ4v) is 4.77. The molecule has 1 saturated heterocycles. The molecule has 0 spiro atoms. The lowest BCUT2D eigenvalue weighted by atomic mass is 10.00. The van der Waals surface area contributed by atoms with E-state index in [1.54, 1.807) is 23.9 Å². The number of benzene rings is 1. The van der Waals surface area contributed by atoms with Gasteiger partial charge in [0.1, 0.15) is 12.1 Å². The molecular weight excluding hydrogens is 436 g/mol. The van der Waals surface area contributed by atoms with E-state index in [0.29, 0.717) is 13.0 Å². The molecular formula is C25H36N4O5. The molecule has 186 valence electrons. The first kappa shape index (κ1) is 25.7. The van der Waals surface area contributed by atoms with E-state index < -0.39 is 18.1 Å². The van der Waals surface area contributed by atoms with E-state index in [0.717, 1.165) is 31.2 Å². The molecule has 9 heteroatoms. The number of hydrogen-bond acceptors (Lipinski definition) is 6. The van der Waals surface area contributed by atoms with Crippen molar-refractivity contribution in [3.05, 3.63) is 35.4 Å². The molecule has 1 fully saturated rings. The summed E-state index contributed by atoms with van der Waals surface area (Å²) in [6.45, 7) is 0.730. The number of ether oxygens (including phenoxy) is 1. The van der Waals surface area contributed by atoms with Gasteiger partial charge in [-0.05, 0) is 63.7 Å². The topological polar surface area (TPSA) is 108 Å². The normalized spacial score (nSPS) is 20.4. The maximum absolute atomic E-state index is 13.1. The molecule has 0 aromatic heterocycles. The number of hydrogen-bond donors (Lipinski definition) is 2. The first-order valence-corrected chi connectivity index (χ1v) is 12.0. The summed E-state index contributed by atoms with van der Waals surface area (Å²) in [5.74, 6) is -1.28. The van der Waals surface area contributed by atoms with Crippen LogP contribution in [0.2, 0.25) is 0 Å². The number of nitrogens with one attached hydrogen (secondary N) is 2. The quantitative estimate of drug-likeness (QED) is 0.523. The number of piperidine rings is 1. The van der Waals surface area contributed by atoms with Gasteiger partial charge in [-0.15, -0.1) is 0 Å². The van der Waals surface area contributed by atoms with E-state index >= 15 is 0 Å². The first-order chi connectivity index (χ1) is 16.3. The van der Waals surface area contributed by atoms with Gasteiger partial charge in [0.2, 0.25) is 17.7 Å². The van der Waals surface area contributed by atoms with Gasteiger partial charge in [-0.3, -0.25) is 14.4 Å². The van der Waals surface area contributed by atoms with Crippen molar-refractivity contribution in [2.45, 2.75) is 63.1 Å². The predicted octanol–water partition coefficient (Wildman–Crippen LogP) is 1.17. The standard InChI is InChI=1S/C25H36N4O5/c1-28(2)16-23(31)29-15-7-6-10-21(29)24(32)27-20(25(33)34-3)13-14-22(30)26-19-12-11-17-8-4-5-9-18(17)19/h4-5,8-9,19-21H,6-7,10-16H2,1-3H3,(H,26,30)(H,27,32)/t19-,20+,21+/m1/s1. The molecule has 3 atom stereocenters. The zero-order valence-corrected chi connectivity index (χ0v) is 20.3. The van der Waals surface area contributed by atoms with E-state index in [4.69, 9.17) is 4.74 Å². The number of amides is 3. The van der Waals surface area contributed by atoms with Crippen LogP contribution >= 0.6 is 0 Å². The lowest BCUT2D eigenvalue weighted by Gasteiger charge is -2.36. The molecule has 3 amide bonds. The van der Waals surface area contributed by atoms with Crippen LogP contribution in [0, 0.1) is 0 Å². The summed E-state index contributed by atoms with van der Waals surface area (Å²) in [5, 5.41) is 5.78. The molecule has 3 rings (SSSR count). The van der Waals surface area contributed by atoms with Crippen molar-refractivity contribution in [2.24, 2.45) is 0 Å². The number of carbonyl (C=O) groups is 4. The third kappa shape index (κ3) is 6.56. The predicted molar refractivity (Wildman–Crippen MR) is 127 cm³/mol. The lowest BCUT2D eigenvalue weighted by Crippen LogP contribution is -2.56. The maximum atomic E-state index is 13.1. The minimum Gasteiger partial charge on any atom is -0.467 e. The van der Waals surface area contributed by atoms with Crippen LogP contribution in [0.25, 0.3) is 0 Å². The fourth-order valence-electron chi connectivity index (χ4n) is 4.77. The van der Waals surface area contributed by atoms with Crippen LogP contribution in [0.5, 0.6) is 0 Å². The second-order valence-corrected chi connectivity index (χ2v) is 9.32. The molecule has 1 aromatic carbocycles. The molecule has 0 bridgehead atoms. The molecule has 0 unspecified atom stereocenters. The second kappa shape index (κ2) is 12.0. The van der Waals surface area contributed by atoms with Crippen LogP contribution in [0.4, 0.5) is 0 Å². The molecule has 34 heavy (non-hydrogen) atoms. The highest BCUT2D eigenvalue weighted by Gasteiger charge is 2.34. The minimum atomic E-state index is -0.952. The number of methoxy groups -OCH3 is 1. The Bertz CT molecular complexity index is 903. The van der Waals surface area contributed by atoms with Crippen LogP contribution in [0.15, 0.2) is 24.3 Å². The van der Waals surface area contributed by atoms with Crippen molar-refractivity contribution < 1.29 is 23.9 Å². The summed E-state index contributed by atoms with van der Waals surface area (Å²) in [5.41, 5.74) is 2.38. The van der Waals surface area contributed by atoms with Crippen molar-refractivity contribution >= 4 is 23.7 Å². The Morgan fingerprint density at radius 1 is 1.15 bits per heavy atom. The number of likely N-dealkylation sites (N-methyl/N-ethyl adjacent to an activating group) is 1. The monoisotopic (exact) mass is 472 g/mol. The van der Waals surface area contributed by atoms with Crippen LogP contribution in [0.1, 0.15) is 55.7 Å². The van der Waals surface area contributed by atoms with Crippen molar-refractivity contribution in [3.8, 4) is 0 Å². The van der Waals surface area contributed by atoms with Crippen LogP contribution in [-0.4, -0.2) is 79.9 Å². The number of likely N-dealkylation sites (tertiary alicyclic amines) is 1. The van der Waals surface area contributed by atoms with Gasteiger partial charge < -0.3 is 25.2 Å². The van der Waals surface area contributed by atoms with Gasteiger partial charge in [0.25, 0.3) is 0 Å². The van der Waals surface area contributed by atoms with Gasteiger partial charge in [0, 0.05) is 13.0 Å². The third-order valence-corrected chi connectivity index (χ3v) is 6.51. The Labute approximate surface area is 201 Å². The van der Waals surface area contributed by atoms with Crippen LogP contribution in [0.3, 0.4) is 0 Å². The lowest BCUT2D eigenvalue weighted by molar-refractivity contribution is -0.148. The number of rotatable bonds is 9. The van der Waals surface area contributed by atoms with Gasteiger partial charge >= 0.3 is 5.97 Å². The van der Waals surface area contributed by atoms with Crippen LogP contribution in [-0.2, 0) is 30.3 Å². The summed E-state index contributed by atoms with van der Waals surface area (Å²) < 4.78 is 4.87. The maximum Gasteiger partial charge on any atom is 0.328 e. The molecule has 1 aliphatic carbocycles. The Kier molecular flexibility index (Phi) is 9.04. The van der Waals surface area contributed by atoms with E-state index in [-0.39, 0.29) is 43.1 Å². The highest BCUT2D eigenvalue weighted by molar-refractivity contribution is 5.91. The second-order valence-electron chi connectivity index (χ2n) is 9.32. The largest absolute Gasteiger partial charge is 0.467 e. The fraction of sp³-hybridized carbons (Fsp3) is 0.600. The van der Waals surface area contributed by atoms with Gasteiger partial charge in [-0.25, -0.2) is 4.79 Å². The van der Waals surface area contributed by atoms with E-state index in [1.165, 1.54) is 12.7 Å². The Morgan fingerprint density at radius 3 is 2.65 bits per heavy atom. The number of fused-ring (bicyclic) bond motifs is 1. The van der Waals surface area contributed by atoms with E-state index in [2.05, 4.69) is 16.7 Å². The number of carbonyl (C=O) groups excluding carboxylic acids is 4. The highest BCUT2D eigenvalue weighted by atomic mass is 16.5. The number of aryl methyl sites for hydroxylation is 1. The van der Waals surface area contributed by atoms with Crippen molar-refractivity contribution in [3.63, 3.8) is 0 Å². The Hall–Kier alpha value is -2.94. The number of esters is 1. The third-order valence-electron chi connectivity index (χ3n) is 6.51. The highest BCUT2D eigenvalue weighted by Crippen LogP contribution is 2.30. The minimum absolute atomic E-state index is 0.0339. The molecule has 9 nitrogen and oxygen atoms in total. The van der Waals surface area contributed by atoms with Gasteiger partial charge in [0.05, 0.1) is 19.7 Å². The summed E-state index contributed by atoms with van der Waals surface area (Å²) >= 11 is 0. The zero-order chi connectivity index (χ0) is 24.7. The summed E-state index contributed by atoms with van der Waals surface area (Å²) in [6, 6.07) is 6.44. The van der Waals surface area contributed by atoms with E-state index in [1.807, 2.05) is 18.2 Å². The summed E-state index contributed by atoms with van der Waals surface area (Å²) in [6.07, 6.45) is 4.18. The van der Waals surface area contributed by atoms with Gasteiger partial charge in [-0.2, -0.15) is 0 Å². The molecule has 0 saturated carbocycles. The van der Waals surface area contributed by atoms with Crippen molar-refractivity contribution in [2.75, 3.05) is 34.3 Å². The van der Waals surface area contributed by atoms with Gasteiger partial charge in [-0.1, -0.05) is 24.3 Å². The smallest absolute Gasteiger partial charge is 0.328 e. The molecule has 2 aliphatic rings. The SMILES string of the molecule is COC(=O)[C@H](CCC(=O)N[C@@H]1CCc2ccccc21)NC(=O)[C@@H]1CCCCN1C(=O)CN(C)C. The molecule has 1 heterocycles. The summed E-state index contributed by atoms with van der Waals surface area (Å²) in [7, 11) is 4.86. The van der Waals surface area contributed by atoms with Crippen LogP contribution < -0.4 is 10.6 Å². The average molecular weight is 473 g/mol. The molecule has 0 radical (unpaired) electrons. The summed E-state index contributed by atoms with van der Waals surface area (Å²) in [4.78, 5) is 54.0. The molecule has 1 aliphatic heterocycles. The molecule has 1 aromatic rings. The first-order valence-electron chi connectivity index (χ1n) is 12.0. The number of nitrogens with zero attached hydrogens (tertiary/aromatic N) is 2. The van der Waals surface area contributed by atoms with E-state index in [9.17, 15) is 19.2 Å². The Morgan fingerprint density at radius 2 is 1.91 bits per heavy atom. The Balaban J connectivity index is 1.57. The van der Waals surface area contributed by atoms with Gasteiger partial charge in [0.15, 0.2) is 0 Å². The average Bonchev–Trinajstić information content (AvgIpc) is 3.23. The van der Waals surface area contributed by atoms with Crippen molar-refractivity contribution in [1.82, 2.24) is 20.4 Å². The zero-order valence-electron chi connectivity index (χ0n) is 20.3. The molecule has 2 N–H and O–H groups in total. The van der Waals surface area contributed by atoms with Crippen molar-refractivity contribution in [1.29, 1.82) is 0 Å².